The number of aromatic nitrogens is 1. The molecule has 2 nitrogen and oxygen atoms in total. The molecule has 1 aromatic carbocycles. The van der Waals surface area contributed by atoms with E-state index in [2.05, 4.69) is 27.0 Å². The third-order valence-electron chi connectivity index (χ3n) is 2.00. The fourth-order valence-electron chi connectivity index (χ4n) is 1.40. The SMILES string of the molecule is Cc1cc(Br)c2ccnc(N)c2c1. The van der Waals surface area contributed by atoms with Crippen molar-refractivity contribution in [2.75, 3.05) is 5.73 Å². The standard InChI is InChI=1S/C10H9BrN2/c1-6-4-8-7(9(11)5-6)2-3-13-10(8)12/h2-5H,1H3,(H2,12,13). The molecular formula is C10H9BrN2. The van der Waals surface area contributed by atoms with E-state index in [1.165, 1.54) is 5.56 Å². The molecule has 66 valence electrons. The van der Waals surface area contributed by atoms with Gasteiger partial charge in [-0.05, 0) is 30.7 Å². The van der Waals surface area contributed by atoms with Gasteiger partial charge in [0.1, 0.15) is 5.82 Å². The highest BCUT2D eigenvalue weighted by Gasteiger charge is 2.02. The van der Waals surface area contributed by atoms with Crippen LogP contribution in [0.2, 0.25) is 0 Å². The number of hydrogen-bond acceptors (Lipinski definition) is 2. The summed E-state index contributed by atoms with van der Waals surface area (Å²) >= 11 is 3.50. The Bertz CT molecular complexity index is 466. The van der Waals surface area contributed by atoms with Gasteiger partial charge in [-0.3, -0.25) is 0 Å². The lowest BCUT2D eigenvalue weighted by Gasteiger charge is -2.04. The summed E-state index contributed by atoms with van der Waals surface area (Å²) in [6.45, 7) is 2.04. The minimum absolute atomic E-state index is 0.585. The van der Waals surface area contributed by atoms with Crippen LogP contribution >= 0.6 is 15.9 Å². The number of nitrogen functional groups attached to an aromatic ring is 1. The van der Waals surface area contributed by atoms with Gasteiger partial charge in [0.05, 0.1) is 0 Å². The molecule has 0 fully saturated rings. The lowest BCUT2D eigenvalue weighted by Crippen LogP contribution is -1.91. The van der Waals surface area contributed by atoms with Crippen molar-refractivity contribution in [1.82, 2.24) is 4.98 Å². The molecule has 0 aliphatic carbocycles. The van der Waals surface area contributed by atoms with Crippen LogP contribution in [-0.2, 0) is 0 Å². The minimum atomic E-state index is 0.585. The van der Waals surface area contributed by atoms with E-state index in [4.69, 9.17) is 5.73 Å². The lowest BCUT2D eigenvalue weighted by atomic mass is 10.1. The summed E-state index contributed by atoms with van der Waals surface area (Å²) in [5, 5.41) is 2.12. The summed E-state index contributed by atoms with van der Waals surface area (Å²) in [4.78, 5) is 4.05. The van der Waals surface area contributed by atoms with Gasteiger partial charge in [-0.25, -0.2) is 4.98 Å². The van der Waals surface area contributed by atoms with Crippen molar-refractivity contribution < 1.29 is 0 Å². The van der Waals surface area contributed by atoms with E-state index in [0.717, 1.165) is 15.2 Å². The quantitative estimate of drug-likeness (QED) is 0.765. The first-order chi connectivity index (χ1) is 6.18. The Balaban J connectivity index is 2.94. The van der Waals surface area contributed by atoms with E-state index in [0.29, 0.717) is 5.82 Å². The highest BCUT2D eigenvalue weighted by Crippen LogP contribution is 2.27. The Kier molecular flexibility index (Phi) is 1.96. The topological polar surface area (TPSA) is 38.9 Å². The zero-order valence-corrected chi connectivity index (χ0v) is 8.80. The van der Waals surface area contributed by atoms with Gasteiger partial charge in [0.2, 0.25) is 0 Å². The Morgan fingerprint density at radius 2 is 2.08 bits per heavy atom. The van der Waals surface area contributed by atoms with Gasteiger partial charge in [-0.2, -0.15) is 0 Å². The van der Waals surface area contributed by atoms with E-state index in [-0.39, 0.29) is 0 Å². The second-order valence-electron chi connectivity index (χ2n) is 3.04. The van der Waals surface area contributed by atoms with Gasteiger partial charge in [0, 0.05) is 21.4 Å². The summed E-state index contributed by atoms with van der Waals surface area (Å²) in [7, 11) is 0. The molecule has 3 heteroatoms. The monoisotopic (exact) mass is 236 g/mol. The predicted octanol–water partition coefficient (Wildman–Crippen LogP) is 2.89. The smallest absolute Gasteiger partial charge is 0.131 e. The molecule has 0 saturated carbocycles. The first kappa shape index (κ1) is 8.51. The van der Waals surface area contributed by atoms with Crippen LogP contribution < -0.4 is 5.73 Å². The zero-order chi connectivity index (χ0) is 9.42. The molecule has 1 aromatic heterocycles. The first-order valence-corrected chi connectivity index (χ1v) is 4.78. The van der Waals surface area contributed by atoms with Crippen molar-refractivity contribution in [3.63, 3.8) is 0 Å². The number of aryl methyl sites for hydroxylation is 1. The molecule has 2 aromatic rings. The Hall–Kier alpha value is -1.09. The van der Waals surface area contributed by atoms with Gasteiger partial charge in [-0.1, -0.05) is 15.9 Å². The second-order valence-corrected chi connectivity index (χ2v) is 3.89. The number of anilines is 1. The summed E-state index contributed by atoms with van der Waals surface area (Å²) in [6.07, 6.45) is 1.72. The number of nitrogens with two attached hydrogens (primary N) is 1. The van der Waals surface area contributed by atoms with Crippen molar-refractivity contribution in [2.45, 2.75) is 6.92 Å². The summed E-state index contributed by atoms with van der Waals surface area (Å²) < 4.78 is 1.07. The maximum atomic E-state index is 5.76. The number of pyridine rings is 1. The summed E-state index contributed by atoms with van der Waals surface area (Å²) in [5.41, 5.74) is 6.94. The van der Waals surface area contributed by atoms with Gasteiger partial charge in [0.15, 0.2) is 0 Å². The highest BCUT2D eigenvalue weighted by atomic mass is 79.9. The molecule has 2 rings (SSSR count). The fourth-order valence-corrected chi connectivity index (χ4v) is 2.10. The van der Waals surface area contributed by atoms with Crippen LogP contribution in [0.1, 0.15) is 5.56 Å². The zero-order valence-electron chi connectivity index (χ0n) is 7.21. The molecule has 0 aliphatic heterocycles. The van der Waals surface area contributed by atoms with Crippen LogP contribution in [0.5, 0.6) is 0 Å². The molecule has 0 radical (unpaired) electrons. The fraction of sp³-hybridized carbons (Fsp3) is 0.100. The van der Waals surface area contributed by atoms with E-state index in [1.54, 1.807) is 6.20 Å². The third-order valence-corrected chi connectivity index (χ3v) is 2.66. The molecule has 0 unspecified atom stereocenters. The van der Waals surface area contributed by atoms with Gasteiger partial charge >= 0.3 is 0 Å². The molecule has 0 atom stereocenters. The minimum Gasteiger partial charge on any atom is -0.383 e. The van der Waals surface area contributed by atoms with E-state index >= 15 is 0 Å². The maximum Gasteiger partial charge on any atom is 0.131 e. The van der Waals surface area contributed by atoms with Crippen molar-refractivity contribution in [2.24, 2.45) is 0 Å². The normalized spacial score (nSPS) is 10.6. The van der Waals surface area contributed by atoms with Crippen molar-refractivity contribution in [1.29, 1.82) is 0 Å². The van der Waals surface area contributed by atoms with E-state index in [9.17, 15) is 0 Å². The van der Waals surface area contributed by atoms with Crippen LogP contribution in [0.4, 0.5) is 5.82 Å². The second kappa shape index (κ2) is 3.00. The van der Waals surface area contributed by atoms with Gasteiger partial charge in [-0.15, -0.1) is 0 Å². The average Bonchev–Trinajstić information content (AvgIpc) is 2.07. The predicted molar refractivity (Wildman–Crippen MR) is 58.6 cm³/mol. The van der Waals surface area contributed by atoms with E-state index < -0.39 is 0 Å². The third kappa shape index (κ3) is 1.40. The van der Waals surface area contributed by atoms with Crippen LogP contribution in [0.15, 0.2) is 28.9 Å². The Morgan fingerprint density at radius 1 is 1.31 bits per heavy atom. The molecule has 0 aliphatic rings. The molecule has 2 N–H and O–H groups in total. The number of benzene rings is 1. The summed E-state index contributed by atoms with van der Waals surface area (Å²) in [5.74, 6) is 0.585. The first-order valence-electron chi connectivity index (χ1n) is 3.99. The number of nitrogens with zero attached hydrogens (tertiary/aromatic N) is 1. The molecule has 13 heavy (non-hydrogen) atoms. The summed E-state index contributed by atoms with van der Waals surface area (Å²) in [6, 6.07) is 6.07. The Labute approximate surface area is 84.9 Å². The molecular weight excluding hydrogens is 228 g/mol. The number of halogens is 1. The van der Waals surface area contributed by atoms with Crippen LogP contribution in [-0.4, -0.2) is 4.98 Å². The van der Waals surface area contributed by atoms with Crippen molar-refractivity contribution in [3.8, 4) is 0 Å². The number of hydrogen-bond donors (Lipinski definition) is 1. The van der Waals surface area contributed by atoms with Crippen LogP contribution in [0.25, 0.3) is 10.8 Å². The highest BCUT2D eigenvalue weighted by molar-refractivity contribution is 9.10. The van der Waals surface area contributed by atoms with Crippen molar-refractivity contribution in [3.05, 3.63) is 34.4 Å². The number of fused-ring (bicyclic) bond motifs is 1. The average molecular weight is 237 g/mol. The van der Waals surface area contributed by atoms with Crippen LogP contribution in [0.3, 0.4) is 0 Å². The van der Waals surface area contributed by atoms with Gasteiger partial charge < -0.3 is 5.73 Å². The van der Waals surface area contributed by atoms with E-state index in [1.807, 2.05) is 19.1 Å². The largest absolute Gasteiger partial charge is 0.383 e. The Morgan fingerprint density at radius 3 is 2.85 bits per heavy atom. The van der Waals surface area contributed by atoms with Crippen molar-refractivity contribution >= 4 is 32.5 Å². The lowest BCUT2D eigenvalue weighted by molar-refractivity contribution is 1.36. The number of rotatable bonds is 0. The maximum absolute atomic E-state index is 5.76. The molecule has 0 bridgehead atoms. The van der Waals surface area contributed by atoms with Crippen LogP contribution in [0, 0.1) is 6.92 Å². The molecule has 0 saturated heterocycles. The van der Waals surface area contributed by atoms with Gasteiger partial charge in [0.25, 0.3) is 0 Å². The molecule has 0 amide bonds. The molecule has 1 heterocycles. The molecule has 0 spiro atoms.